The predicted octanol–water partition coefficient (Wildman–Crippen LogP) is 3.08. The van der Waals surface area contributed by atoms with E-state index in [0.717, 1.165) is 18.1 Å². The standard InChI is InChI=1S/C7H15N3S/c1-7(2)6-11-5-3-4-9-10-8/h7H,3-6H2,1-2H3. The molecule has 0 radical (unpaired) electrons. The molecule has 0 saturated carbocycles. The quantitative estimate of drug-likeness (QED) is 0.263. The van der Waals surface area contributed by atoms with E-state index in [1.165, 1.54) is 5.75 Å². The van der Waals surface area contributed by atoms with Crippen molar-refractivity contribution >= 4 is 11.8 Å². The molecule has 0 rings (SSSR count). The van der Waals surface area contributed by atoms with Gasteiger partial charge in [0.15, 0.2) is 0 Å². The lowest BCUT2D eigenvalue weighted by molar-refractivity contribution is 0.749. The van der Waals surface area contributed by atoms with Crippen LogP contribution in [0.15, 0.2) is 5.11 Å². The van der Waals surface area contributed by atoms with E-state index in [4.69, 9.17) is 5.53 Å². The Bertz CT molecular complexity index is 130. The Balaban J connectivity index is 2.96. The molecule has 0 fully saturated rings. The summed E-state index contributed by atoms with van der Waals surface area (Å²) < 4.78 is 0. The average Bonchev–Trinajstić information content (AvgIpc) is 1.96. The van der Waals surface area contributed by atoms with E-state index < -0.39 is 0 Å². The summed E-state index contributed by atoms with van der Waals surface area (Å²) in [5.41, 5.74) is 7.96. The van der Waals surface area contributed by atoms with Crippen LogP contribution >= 0.6 is 11.8 Å². The fraction of sp³-hybridized carbons (Fsp3) is 1.00. The maximum Gasteiger partial charge on any atom is 0.0265 e. The van der Waals surface area contributed by atoms with E-state index in [1.54, 1.807) is 0 Å². The van der Waals surface area contributed by atoms with E-state index in [1.807, 2.05) is 11.8 Å². The molecule has 0 N–H and O–H groups in total. The molecule has 0 aromatic rings. The van der Waals surface area contributed by atoms with E-state index in [9.17, 15) is 0 Å². The maximum atomic E-state index is 7.96. The monoisotopic (exact) mass is 173 g/mol. The van der Waals surface area contributed by atoms with Crippen molar-refractivity contribution in [2.45, 2.75) is 20.3 Å². The highest BCUT2D eigenvalue weighted by molar-refractivity contribution is 7.99. The topological polar surface area (TPSA) is 48.8 Å². The summed E-state index contributed by atoms with van der Waals surface area (Å²) in [6.45, 7) is 5.06. The third-order valence-corrected chi connectivity index (χ3v) is 2.54. The van der Waals surface area contributed by atoms with Crippen molar-refractivity contribution in [1.29, 1.82) is 0 Å². The van der Waals surface area contributed by atoms with Gasteiger partial charge in [-0.15, -0.1) is 0 Å². The van der Waals surface area contributed by atoms with Gasteiger partial charge in [0, 0.05) is 11.5 Å². The number of thioether (sulfide) groups is 1. The van der Waals surface area contributed by atoms with Crippen LogP contribution in [0, 0.1) is 5.92 Å². The Morgan fingerprint density at radius 2 is 2.27 bits per heavy atom. The van der Waals surface area contributed by atoms with Gasteiger partial charge in [0.05, 0.1) is 0 Å². The largest absolute Gasteiger partial charge is 0.162 e. The van der Waals surface area contributed by atoms with Crippen molar-refractivity contribution in [2.24, 2.45) is 11.0 Å². The van der Waals surface area contributed by atoms with E-state index in [-0.39, 0.29) is 0 Å². The van der Waals surface area contributed by atoms with Crippen LogP contribution in [0.1, 0.15) is 20.3 Å². The van der Waals surface area contributed by atoms with Crippen LogP contribution in [0.5, 0.6) is 0 Å². The summed E-state index contributed by atoms with van der Waals surface area (Å²) >= 11 is 1.93. The zero-order valence-electron chi connectivity index (χ0n) is 7.16. The molecule has 4 heteroatoms. The molecule has 0 bridgehead atoms. The molecule has 0 spiro atoms. The second kappa shape index (κ2) is 7.76. The first kappa shape index (κ1) is 10.7. The first-order valence-electron chi connectivity index (χ1n) is 3.86. The molecular weight excluding hydrogens is 158 g/mol. The first-order chi connectivity index (χ1) is 5.27. The van der Waals surface area contributed by atoms with Crippen LogP contribution in [-0.2, 0) is 0 Å². The Hall–Kier alpha value is -0.340. The maximum absolute atomic E-state index is 7.96. The van der Waals surface area contributed by atoms with Gasteiger partial charge in [0.1, 0.15) is 0 Å². The van der Waals surface area contributed by atoms with Crippen molar-refractivity contribution in [1.82, 2.24) is 0 Å². The Morgan fingerprint density at radius 1 is 1.55 bits per heavy atom. The predicted molar refractivity (Wildman–Crippen MR) is 50.8 cm³/mol. The minimum Gasteiger partial charge on any atom is -0.162 e. The van der Waals surface area contributed by atoms with Crippen molar-refractivity contribution in [3.63, 3.8) is 0 Å². The summed E-state index contributed by atoms with van der Waals surface area (Å²) in [4.78, 5) is 2.68. The smallest absolute Gasteiger partial charge is 0.0265 e. The number of hydrogen-bond acceptors (Lipinski definition) is 2. The lowest BCUT2D eigenvalue weighted by Crippen LogP contribution is -1.92. The molecule has 11 heavy (non-hydrogen) atoms. The zero-order chi connectivity index (χ0) is 8.53. The van der Waals surface area contributed by atoms with Gasteiger partial charge in [-0.2, -0.15) is 11.8 Å². The third-order valence-electron chi connectivity index (χ3n) is 1.06. The summed E-state index contributed by atoms with van der Waals surface area (Å²) in [5.74, 6) is 3.08. The van der Waals surface area contributed by atoms with Crippen molar-refractivity contribution < 1.29 is 0 Å². The number of nitrogens with zero attached hydrogens (tertiary/aromatic N) is 3. The lowest BCUT2D eigenvalue weighted by atomic mass is 10.3. The molecule has 0 aromatic carbocycles. The van der Waals surface area contributed by atoms with Crippen LogP contribution in [0.25, 0.3) is 10.4 Å². The molecule has 0 aromatic heterocycles. The van der Waals surface area contributed by atoms with Crippen LogP contribution < -0.4 is 0 Å². The van der Waals surface area contributed by atoms with Crippen molar-refractivity contribution in [3.05, 3.63) is 10.4 Å². The second-order valence-electron chi connectivity index (χ2n) is 2.78. The molecule has 0 heterocycles. The van der Waals surface area contributed by atoms with Crippen LogP contribution in [-0.4, -0.2) is 18.1 Å². The summed E-state index contributed by atoms with van der Waals surface area (Å²) in [6, 6.07) is 0. The van der Waals surface area contributed by atoms with Crippen LogP contribution in [0.2, 0.25) is 0 Å². The van der Waals surface area contributed by atoms with Gasteiger partial charge < -0.3 is 0 Å². The average molecular weight is 173 g/mol. The highest BCUT2D eigenvalue weighted by Crippen LogP contribution is 2.08. The molecule has 64 valence electrons. The minimum atomic E-state index is 0.640. The lowest BCUT2D eigenvalue weighted by Gasteiger charge is -2.01. The van der Waals surface area contributed by atoms with Gasteiger partial charge in [-0.05, 0) is 29.4 Å². The summed E-state index contributed by atoms with van der Waals surface area (Å²) in [7, 11) is 0. The van der Waals surface area contributed by atoms with E-state index >= 15 is 0 Å². The molecule has 0 atom stereocenters. The number of hydrogen-bond donors (Lipinski definition) is 0. The highest BCUT2D eigenvalue weighted by Gasteiger charge is 1.92. The van der Waals surface area contributed by atoms with Gasteiger partial charge >= 0.3 is 0 Å². The molecule has 0 aliphatic carbocycles. The fourth-order valence-corrected chi connectivity index (χ4v) is 1.57. The fourth-order valence-electron chi connectivity index (χ4n) is 0.601. The van der Waals surface area contributed by atoms with Gasteiger partial charge in [-0.25, -0.2) is 0 Å². The Morgan fingerprint density at radius 3 is 2.82 bits per heavy atom. The highest BCUT2D eigenvalue weighted by atomic mass is 32.2. The molecule has 0 saturated heterocycles. The van der Waals surface area contributed by atoms with Gasteiger partial charge in [-0.1, -0.05) is 19.0 Å². The zero-order valence-corrected chi connectivity index (χ0v) is 7.97. The molecular formula is C7H15N3S. The van der Waals surface area contributed by atoms with E-state index in [0.29, 0.717) is 6.54 Å². The Kier molecular flexibility index (Phi) is 7.52. The number of azide groups is 1. The summed E-state index contributed by atoms with van der Waals surface area (Å²) in [6.07, 6.45) is 1.00. The van der Waals surface area contributed by atoms with E-state index in [2.05, 4.69) is 23.9 Å². The van der Waals surface area contributed by atoms with Crippen molar-refractivity contribution in [3.8, 4) is 0 Å². The molecule has 0 amide bonds. The SMILES string of the molecule is CC(C)CSCCCN=[N+]=[N-]. The minimum absolute atomic E-state index is 0.640. The van der Waals surface area contributed by atoms with Crippen molar-refractivity contribution in [2.75, 3.05) is 18.1 Å². The first-order valence-corrected chi connectivity index (χ1v) is 5.01. The molecule has 0 aliphatic rings. The summed E-state index contributed by atoms with van der Waals surface area (Å²) in [5, 5.41) is 3.46. The van der Waals surface area contributed by atoms with Gasteiger partial charge in [0.25, 0.3) is 0 Å². The van der Waals surface area contributed by atoms with Crippen LogP contribution in [0.3, 0.4) is 0 Å². The number of rotatable bonds is 6. The second-order valence-corrected chi connectivity index (χ2v) is 3.93. The molecule has 3 nitrogen and oxygen atoms in total. The van der Waals surface area contributed by atoms with Crippen LogP contribution in [0.4, 0.5) is 0 Å². The third kappa shape index (κ3) is 9.66. The van der Waals surface area contributed by atoms with Gasteiger partial charge in [0.2, 0.25) is 0 Å². The molecule has 0 aliphatic heterocycles. The normalized spacial score (nSPS) is 9.73. The Labute approximate surface area is 72.2 Å². The van der Waals surface area contributed by atoms with Gasteiger partial charge in [-0.3, -0.25) is 0 Å². The molecule has 0 unspecified atom stereocenters.